The SMILES string of the molecule is [2H]/C(C\C=C/C=C/C=C/[C@@H]1O[C@H]1CCCC(=O)OC)=C(\[2H])CCCCC. The minimum Gasteiger partial charge on any atom is -0.469 e. The minimum absolute atomic E-state index is 0.151. The van der Waals surface area contributed by atoms with E-state index in [-0.39, 0.29) is 18.2 Å². The van der Waals surface area contributed by atoms with E-state index in [0.29, 0.717) is 31.4 Å². The predicted molar refractivity (Wildman–Crippen MR) is 99.8 cm³/mol. The summed E-state index contributed by atoms with van der Waals surface area (Å²) in [4.78, 5) is 11.0. The number of epoxide rings is 1. The van der Waals surface area contributed by atoms with Crippen LogP contribution in [0.1, 0.15) is 61.0 Å². The molecule has 0 aromatic carbocycles. The number of esters is 1. The lowest BCUT2D eigenvalue weighted by Crippen LogP contribution is -2.01. The van der Waals surface area contributed by atoms with Crippen LogP contribution >= 0.6 is 0 Å². The third-order valence-corrected chi connectivity index (χ3v) is 3.74. The van der Waals surface area contributed by atoms with Crippen LogP contribution in [0.3, 0.4) is 0 Å². The third-order valence-electron chi connectivity index (χ3n) is 3.74. The molecule has 0 N–H and O–H groups in total. The molecule has 0 bridgehead atoms. The molecule has 0 radical (unpaired) electrons. The Labute approximate surface area is 149 Å². The number of hydrogen-bond acceptors (Lipinski definition) is 3. The molecule has 1 heterocycles. The number of allylic oxidation sites excluding steroid dienone is 7. The Morgan fingerprint density at radius 3 is 2.79 bits per heavy atom. The van der Waals surface area contributed by atoms with Crippen molar-refractivity contribution in [2.24, 2.45) is 0 Å². The second-order valence-corrected chi connectivity index (χ2v) is 5.82. The van der Waals surface area contributed by atoms with E-state index in [9.17, 15) is 4.79 Å². The molecular weight excluding hydrogens is 300 g/mol. The zero-order chi connectivity index (χ0) is 19.2. The Morgan fingerprint density at radius 2 is 2.00 bits per heavy atom. The lowest BCUT2D eigenvalue weighted by atomic mass is 10.1. The fraction of sp³-hybridized carbons (Fsp3) is 0.571. The van der Waals surface area contributed by atoms with E-state index in [0.717, 1.165) is 32.1 Å². The minimum atomic E-state index is -0.170. The molecule has 3 nitrogen and oxygen atoms in total. The smallest absolute Gasteiger partial charge is 0.305 e. The molecule has 0 saturated carbocycles. The van der Waals surface area contributed by atoms with Gasteiger partial charge < -0.3 is 9.47 Å². The van der Waals surface area contributed by atoms with Crippen molar-refractivity contribution in [3.8, 4) is 0 Å². The number of methoxy groups -OCH3 is 1. The number of carbonyl (C=O) groups is 1. The first-order chi connectivity index (χ1) is 12.6. The Hall–Kier alpha value is -1.61. The Balaban J connectivity index is 2.15. The van der Waals surface area contributed by atoms with E-state index in [1.54, 1.807) is 0 Å². The van der Waals surface area contributed by atoms with Gasteiger partial charge in [0.1, 0.15) is 6.10 Å². The second kappa shape index (κ2) is 13.8. The van der Waals surface area contributed by atoms with Crippen molar-refractivity contribution in [3.63, 3.8) is 0 Å². The molecular formula is C21H32O3. The Bertz CT molecular complexity index is 535. The van der Waals surface area contributed by atoms with Crippen LogP contribution in [0.2, 0.25) is 0 Å². The van der Waals surface area contributed by atoms with Crippen LogP contribution in [0.5, 0.6) is 0 Å². The third kappa shape index (κ3) is 11.0. The summed E-state index contributed by atoms with van der Waals surface area (Å²) < 4.78 is 25.8. The summed E-state index contributed by atoms with van der Waals surface area (Å²) in [5.41, 5.74) is 0. The van der Waals surface area contributed by atoms with Crippen molar-refractivity contribution in [2.75, 3.05) is 7.11 Å². The van der Waals surface area contributed by atoms with Gasteiger partial charge in [-0.1, -0.05) is 68.3 Å². The zero-order valence-electron chi connectivity index (χ0n) is 17.0. The summed E-state index contributed by atoms with van der Waals surface area (Å²) in [6.07, 6.45) is 18.6. The lowest BCUT2D eigenvalue weighted by Gasteiger charge is -1.96. The zero-order valence-corrected chi connectivity index (χ0v) is 15.0. The average Bonchev–Trinajstić information content (AvgIpc) is 3.38. The quantitative estimate of drug-likeness (QED) is 0.151. The number of hydrogen-bond donors (Lipinski definition) is 0. The van der Waals surface area contributed by atoms with Gasteiger partial charge in [0.05, 0.1) is 16.0 Å². The van der Waals surface area contributed by atoms with Gasteiger partial charge in [0.25, 0.3) is 0 Å². The monoisotopic (exact) mass is 334 g/mol. The van der Waals surface area contributed by atoms with E-state index in [4.69, 9.17) is 7.48 Å². The van der Waals surface area contributed by atoms with Gasteiger partial charge in [-0.15, -0.1) is 0 Å². The van der Waals surface area contributed by atoms with Crippen LogP contribution in [-0.2, 0) is 14.3 Å². The molecule has 1 fully saturated rings. The highest BCUT2D eigenvalue weighted by molar-refractivity contribution is 5.68. The van der Waals surface area contributed by atoms with Crippen molar-refractivity contribution in [1.82, 2.24) is 0 Å². The molecule has 0 aliphatic carbocycles. The lowest BCUT2D eigenvalue weighted by molar-refractivity contribution is -0.140. The van der Waals surface area contributed by atoms with Gasteiger partial charge in [-0.05, 0) is 32.1 Å². The van der Waals surface area contributed by atoms with Gasteiger partial charge in [0, 0.05) is 6.42 Å². The molecule has 0 spiro atoms. The van der Waals surface area contributed by atoms with Crippen LogP contribution in [0.4, 0.5) is 0 Å². The maximum atomic E-state index is 11.0. The van der Waals surface area contributed by atoms with Crippen LogP contribution < -0.4 is 0 Å². The van der Waals surface area contributed by atoms with Crippen molar-refractivity contribution >= 4 is 5.97 Å². The van der Waals surface area contributed by atoms with Crippen molar-refractivity contribution in [1.29, 1.82) is 0 Å². The van der Waals surface area contributed by atoms with E-state index in [1.807, 2.05) is 36.5 Å². The summed E-state index contributed by atoms with van der Waals surface area (Å²) >= 11 is 0. The molecule has 0 aromatic heterocycles. The second-order valence-electron chi connectivity index (χ2n) is 5.82. The number of carbonyl (C=O) groups excluding carboxylic acids is 1. The van der Waals surface area contributed by atoms with E-state index in [2.05, 4.69) is 11.7 Å². The van der Waals surface area contributed by atoms with Gasteiger partial charge in [-0.25, -0.2) is 0 Å². The highest BCUT2D eigenvalue weighted by Gasteiger charge is 2.35. The summed E-state index contributed by atoms with van der Waals surface area (Å²) in [7, 11) is 1.41. The maximum absolute atomic E-state index is 11.0. The summed E-state index contributed by atoms with van der Waals surface area (Å²) in [5.74, 6) is -0.170. The highest BCUT2D eigenvalue weighted by Crippen LogP contribution is 2.28. The average molecular weight is 334 g/mol. The van der Waals surface area contributed by atoms with Crippen LogP contribution in [0.25, 0.3) is 0 Å². The van der Waals surface area contributed by atoms with Crippen molar-refractivity contribution in [3.05, 3.63) is 48.6 Å². The molecule has 0 unspecified atom stereocenters. The Morgan fingerprint density at radius 1 is 1.17 bits per heavy atom. The van der Waals surface area contributed by atoms with Crippen LogP contribution in [0, 0.1) is 0 Å². The maximum Gasteiger partial charge on any atom is 0.305 e. The number of unbranched alkanes of at least 4 members (excludes halogenated alkanes) is 2. The first kappa shape index (κ1) is 17.2. The van der Waals surface area contributed by atoms with Crippen LogP contribution in [0.15, 0.2) is 48.6 Å². The molecule has 1 aliphatic heterocycles. The first-order valence-corrected chi connectivity index (χ1v) is 8.96. The largest absolute Gasteiger partial charge is 0.469 e. The molecule has 1 rings (SSSR count). The molecule has 0 amide bonds. The van der Waals surface area contributed by atoms with E-state index >= 15 is 0 Å². The summed E-state index contributed by atoms with van der Waals surface area (Å²) in [5, 5.41) is 0. The van der Waals surface area contributed by atoms with Crippen molar-refractivity contribution in [2.45, 2.75) is 70.5 Å². The van der Waals surface area contributed by atoms with Crippen molar-refractivity contribution < 1.29 is 17.0 Å². The number of rotatable bonds is 13. The van der Waals surface area contributed by atoms with Gasteiger partial charge >= 0.3 is 5.97 Å². The molecule has 1 aliphatic rings. The topological polar surface area (TPSA) is 38.8 Å². The van der Waals surface area contributed by atoms with E-state index < -0.39 is 0 Å². The van der Waals surface area contributed by atoms with Gasteiger partial charge in [-0.3, -0.25) is 4.79 Å². The molecule has 0 aromatic rings. The number of ether oxygens (including phenoxy) is 2. The molecule has 24 heavy (non-hydrogen) atoms. The fourth-order valence-electron chi connectivity index (χ4n) is 2.24. The molecule has 3 heteroatoms. The molecule has 2 atom stereocenters. The highest BCUT2D eigenvalue weighted by atomic mass is 16.6. The normalized spacial score (nSPS) is 22.8. The Kier molecular flexibility index (Phi) is 9.90. The fourth-order valence-corrected chi connectivity index (χ4v) is 2.24. The van der Waals surface area contributed by atoms with Gasteiger partial charge in [-0.2, -0.15) is 0 Å². The van der Waals surface area contributed by atoms with Gasteiger partial charge in [0.15, 0.2) is 0 Å². The molecule has 1 saturated heterocycles. The summed E-state index contributed by atoms with van der Waals surface area (Å²) in [6.45, 7) is 2.14. The summed E-state index contributed by atoms with van der Waals surface area (Å²) in [6, 6.07) is 0.860. The van der Waals surface area contributed by atoms with E-state index in [1.165, 1.54) is 7.11 Å². The molecule has 134 valence electrons. The predicted octanol–water partition coefficient (Wildman–Crippen LogP) is 5.29. The standard InChI is InChI=1S/C21H32O3/c1-3-4-5-6-7-8-9-10-11-12-13-14-16-19-20(24-19)17-15-18-21(22)23-2/h7-8,10-14,16,19-20H,3-6,9,15,17-18H2,1-2H3/b8-7-,11-10-,13-12+,16-14+/t19-,20-/m0/s1/i7D,8D. The van der Waals surface area contributed by atoms with Crippen LogP contribution in [-0.4, -0.2) is 25.3 Å². The first-order valence-electron chi connectivity index (χ1n) is 9.96. The van der Waals surface area contributed by atoms with Gasteiger partial charge in [0.2, 0.25) is 0 Å².